The normalized spacial score (nSPS) is 11.9. The van der Waals surface area contributed by atoms with Gasteiger partial charge in [0.2, 0.25) is 5.91 Å². The molecule has 0 aliphatic carbocycles. The molecule has 0 unspecified atom stereocenters. The van der Waals surface area contributed by atoms with Crippen molar-refractivity contribution < 1.29 is 14.3 Å². The van der Waals surface area contributed by atoms with E-state index in [0.29, 0.717) is 12.3 Å². The first-order valence-electron chi connectivity index (χ1n) is 10.1. The van der Waals surface area contributed by atoms with Crippen LogP contribution in [0.1, 0.15) is 43.0 Å². The molecule has 0 saturated carbocycles. The van der Waals surface area contributed by atoms with Crippen LogP contribution >= 0.6 is 15.9 Å². The Morgan fingerprint density at radius 2 is 1.63 bits per heavy atom. The Kier molecular flexibility index (Phi) is 8.47. The molecule has 2 aromatic carbocycles. The van der Waals surface area contributed by atoms with Gasteiger partial charge in [0.05, 0.1) is 0 Å². The maximum atomic E-state index is 13.1. The van der Waals surface area contributed by atoms with Crippen molar-refractivity contribution in [2.75, 3.05) is 6.61 Å². The molecule has 0 spiro atoms. The summed E-state index contributed by atoms with van der Waals surface area (Å²) in [7, 11) is 0. The Labute approximate surface area is 187 Å². The van der Waals surface area contributed by atoms with E-state index < -0.39 is 6.04 Å². The first-order valence-corrected chi connectivity index (χ1v) is 10.9. The van der Waals surface area contributed by atoms with Crippen molar-refractivity contribution in [1.29, 1.82) is 0 Å². The molecule has 0 bridgehead atoms. The highest BCUT2D eigenvalue weighted by Crippen LogP contribution is 2.26. The highest BCUT2D eigenvalue weighted by atomic mass is 79.9. The van der Waals surface area contributed by atoms with Gasteiger partial charge in [0.25, 0.3) is 5.91 Å². The largest absolute Gasteiger partial charge is 0.484 e. The number of aryl methyl sites for hydroxylation is 3. The van der Waals surface area contributed by atoms with Crippen LogP contribution in [-0.4, -0.2) is 35.4 Å². The van der Waals surface area contributed by atoms with Crippen LogP contribution in [0.25, 0.3) is 0 Å². The lowest BCUT2D eigenvalue weighted by Gasteiger charge is -2.29. The summed E-state index contributed by atoms with van der Waals surface area (Å²) in [6, 6.07) is 11.0. The minimum atomic E-state index is -0.614. The van der Waals surface area contributed by atoms with E-state index in [1.54, 1.807) is 11.8 Å². The molecule has 0 fully saturated rings. The first kappa shape index (κ1) is 23.9. The predicted octanol–water partition coefficient (Wildman–Crippen LogP) is 4.70. The average molecular weight is 475 g/mol. The van der Waals surface area contributed by atoms with Crippen molar-refractivity contribution in [2.45, 2.75) is 60.2 Å². The van der Waals surface area contributed by atoms with Gasteiger partial charge in [0, 0.05) is 17.1 Å². The van der Waals surface area contributed by atoms with Crippen molar-refractivity contribution in [2.24, 2.45) is 0 Å². The summed E-state index contributed by atoms with van der Waals surface area (Å²) in [5.74, 6) is 0.224. The SMILES string of the molecule is Cc1ccccc1CN(C(=O)COc1cc(C)c(Br)c(C)c1)[C@H](C)C(=O)NC(C)C. The number of amides is 2. The van der Waals surface area contributed by atoms with E-state index in [4.69, 9.17) is 4.74 Å². The van der Waals surface area contributed by atoms with Gasteiger partial charge in [-0.2, -0.15) is 0 Å². The molecule has 0 saturated heterocycles. The number of hydrogen-bond donors (Lipinski definition) is 1. The quantitative estimate of drug-likeness (QED) is 0.603. The van der Waals surface area contributed by atoms with E-state index in [9.17, 15) is 9.59 Å². The lowest BCUT2D eigenvalue weighted by molar-refractivity contribution is -0.142. The minimum Gasteiger partial charge on any atom is -0.484 e. The van der Waals surface area contributed by atoms with Gasteiger partial charge in [-0.25, -0.2) is 0 Å². The molecule has 30 heavy (non-hydrogen) atoms. The molecule has 2 amide bonds. The molecule has 0 heterocycles. The number of halogens is 1. The standard InChI is InChI=1S/C24H31BrN2O3/c1-15(2)26-24(29)19(6)27(13-20-10-8-7-9-16(20)3)22(28)14-30-21-11-17(4)23(25)18(5)12-21/h7-12,15,19H,13-14H2,1-6H3,(H,26,29)/t19-/m1/s1. The minimum absolute atomic E-state index is 0.000305. The van der Waals surface area contributed by atoms with E-state index in [2.05, 4.69) is 21.2 Å². The van der Waals surface area contributed by atoms with Crippen LogP contribution in [0.2, 0.25) is 0 Å². The maximum Gasteiger partial charge on any atom is 0.261 e. The molecular weight excluding hydrogens is 444 g/mol. The second kappa shape index (κ2) is 10.6. The zero-order valence-electron chi connectivity index (χ0n) is 18.6. The molecule has 1 N–H and O–H groups in total. The Hall–Kier alpha value is -2.34. The second-order valence-corrected chi connectivity index (χ2v) is 8.74. The highest BCUT2D eigenvalue weighted by molar-refractivity contribution is 9.10. The number of hydrogen-bond acceptors (Lipinski definition) is 3. The zero-order valence-corrected chi connectivity index (χ0v) is 20.2. The molecular formula is C24H31BrN2O3. The summed E-state index contributed by atoms with van der Waals surface area (Å²) in [5.41, 5.74) is 4.16. The van der Waals surface area contributed by atoms with Crippen LogP contribution in [0, 0.1) is 20.8 Å². The molecule has 0 aliphatic rings. The zero-order chi connectivity index (χ0) is 22.4. The Balaban J connectivity index is 2.21. The fourth-order valence-corrected chi connectivity index (χ4v) is 3.41. The third kappa shape index (κ3) is 6.33. The van der Waals surface area contributed by atoms with Gasteiger partial charge < -0.3 is 15.0 Å². The Bertz CT molecular complexity index is 888. The summed E-state index contributed by atoms with van der Waals surface area (Å²) >= 11 is 3.54. The van der Waals surface area contributed by atoms with Gasteiger partial charge in [-0.15, -0.1) is 0 Å². The van der Waals surface area contributed by atoms with Crippen LogP contribution in [-0.2, 0) is 16.1 Å². The van der Waals surface area contributed by atoms with Crippen molar-refractivity contribution in [3.63, 3.8) is 0 Å². The van der Waals surface area contributed by atoms with Crippen molar-refractivity contribution >= 4 is 27.7 Å². The number of ether oxygens (including phenoxy) is 1. The maximum absolute atomic E-state index is 13.1. The summed E-state index contributed by atoms with van der Waals surface area (Å²) in [5, 5.41) is 2.89. The number of nitrogens with zero attached hydrogens (tertiary/aromatic N) is 1. The van der Waals surface area contributed by atoms with Gasteiger partial charge in [-0.05, 0) is 75.9 Å². The molecule has 6 heteroatoms. The van der Waals surface area contributed by atoms with E-state index >= 15 is 0 Å². The third-order valence-electron chi connectivity index (χ3n) is 4.97. The smallest absolute Gasteiger partial charge is 0.261 e. The third-order valence-corrected chi connectivity index (χ3v) is 6.22. The molecule has 162 valence electrons. The molecule has 1 atom stereocenters. The molecule has 0 aliphatic heterocycles. The number of benzene rings is 2. The first-order chi connectivity index (χ1) is 14.1. The average Bonchev–Trinajstić information content (AvgIpc) is 2.68. The van der Waals surface area contributed by atoms with E-state index in [1.165, 1.54) is 0 Å². The van der Waals surface area contributed by atoms with Gasteiger partial charge in [0.1, 0.15) is 11.8 Å². The van der Waals surface area contributed by atoms with Crippen LogP contribution in [0.15, 0.2) is 40.9 Å². The van der Waals surface area contributed by atoms with Crippen molar-refractivity contribution in [3.8, 4) is 5.75 Å². The summed E-state index contributed by atoms with van der Waals surface area (Å²) in [4.78, 5) is 27.3. The van der Waals surface area contributed by atoms with Crippen LogP contribution in [0.4, 0.5) is 0 Å². The lowest BCUT2D eigenvalue weighted by atomic mass is 10.1. The predicted molar refractivity (Wildman–Crippen MR) is 124 cm³/mol. The number of nitrogens with one attached hydrogen (secondary N) is 1. The van der Waals surface area contributed by atoms with E-state index in [1.807, 2.05) is 71.0 Å². The fourth-order valence-electron chi connectivity index (χ4n) is 3.18. The van der Waals surface area contributed by atoms with E-state index in [0.717, 1.165) is 26.7 Å². The van der Waals surface area contributed by atoms with E-state index in [-0.39, 0.29) is 24.5 Å². The number of rotatable bonds is 8. The van der Waals surface area contributed by atoms with Crippen molar-refractivity contribution in [1.82, 2.24) is 10.2 Å². The Morgan fingerprint density at radius 3 is 2.20 bits per heavy atom. The highest BCUT2D eigenvalue weighted by Gasteiger charge is 2.27. The van der Waals surface area contributed by atoms with Crippen molar-refractivity contribution in [3.05, 3.63) is 63.1 Å². The summed E-state index contributed by atoms with van der Waals surface area (Å²) in [6.07, 6.45) is 0. The molecule has 2 rings (SSSR count). The summed E-state index contributed by atoms with van der Waals surface area (Å²) in [6.45, 7) is 11.7. The van der Waals surface area contributed by atoms with Gasteiger partial charge in [0.15, 0.2) is 6.61 Å². The number of carbonyl (C=O) groups is 2. The lowest BCUT2D eigenvalue weighted by Crippen LogP contribution is -2.50. The molecule has 0 aromatic heterocycles. The van der Waals surface area contributed by atoms with Crippen LogP contribution < -0.4 is 10.1 Å². The van der Waals surface area contributed by atoms with Gasteiger partial charge in [-0.3, -0.25) is 9.59 Å². The van der Waals surface area contributed by atoms with Gasteiger partial charge in [-0.1, -0.05) is 40.2 Å². The Morgan fingerprint density at radius 1 is 1.03 bits per heavy atom. The second-order valence-electron chi connectivity index (χ2n) is 7.95. The topological polar surface area (TPSA) is 58.6 Å². The van der Waals surface area contributed by atoms with Gasteiger partial charge >= 0.3 is 0 Å². The fraction of sp³-hybridized carbons (Fsp3) is 0.417. The monoisotopic (exact) mass is 474 g/mol. The molecule has 5 nitrogen and oxygen atoms in total. The van der Waals surface area contributed by atoms with Crippen LogP contribution in [0.3, 0.4) is 0 Å². The molecule has 2 aromatic rings. The molecule has 0 radical (unpaired) electrons. The summed E-state index contributed by atoms with van der Waals surface area (Å²) < 4.78 is 6.83. The van der Waals surface area contributed by atoms with Crippen LogP contribution in [0.5, 0.6) is 5.75 Å². The number of carbonyl (C=O) groups excluding carboxylic acids is 2.